The van der Waals surface area contributed by atoms with Crippen LogP contribution in [0.2, 0.25) is 0 Å². The van der Waals surface area contributed by atoms with E-state index in [0.29, 0.717) is 0 Å². The highest BCUT2D eigenvalue weighted by Crippen LogP contribution is 2.38. The Balaban J connectivity index is 2.12. The predicted octanol–water partition coefficient (Wildman–Crippen LogP) is 4.92. The Labute approximate surface area is 108 Å². The van der Waals surface area contributed by atoms with Gasteiger partial charge >= 0.3 is 0 Å². The van der Waals surface area contributed by atoms with Gasteiger partial charge in [0.2, 0.25) is 0 Å². The minimum Gasteiger partial charge on any atom is -0.0921 e. The Hall–Kier alpha value is -0.300. The van der Waals surface area contributed by atoms with Gasteiger partial charge in [0.25, 0.3) is 0 Å². The molecule has 1 aromatic carbocycles. The molecule has 0 heterocycles. The van der Waals surface area contributed by atoms with E-state index in [2.05, 4.69) is 47.1 Å². The van der Waals surface area contributed by atoms with E-state index in [-0.39, 0.29) is 0 Å². The molecule has 1 unspecified atom stereocenters. The van der Waals surface area contributed by atoms with Crippen LogP contribution >= 0.6 is 15.9 Å². The van der Waals surface area contributed by atoms with Gasteiger partial charge in [0.15, 0.2) is 0 Å². The molecule has 0 spiro atoms. The van der Waals surface area contributed by atoms with E-state index >= 15 is 0 Å². The van der Waals surface area contributed by atoms with Crippen LogP contribution in [0.5, 0.6) is 0 Å². The Kier molecular flexibility index (Phi) is 4.45. The number of benzene rings is 1. The number of hydrogen-bond acceptors (Lipinski definition) is 0. The highest BCUT2D eigenvalue weighted by Gasteiger charge is 2.25. The van der Waals surface area contributed by atoms with Crippen LogP contribution in [0.25, 0.3) is 0 Å². The van der Waals surface area contributed by atoms with Gasteiger partial charge in [-0.2, -0.15) is 0 Å². The Morgan fingerprint density at radius 3 is 2.31 bits per heavy atom. The highest BCUT2D eigenvalue weighted by molar-refractivity contribution is 9.09. The molecule has 1 fully saturated rings. The Bertz CT molecular complexity index is 309. The lowest BCUT2D eigenvalue weighted by molar-refractivity contribution is 0.468. The third-order valence-electron chi connectivity index (χ3n) is 3.95. The minimum absolute atomic E-state index is 0.730. The zero-order chi connectivity index (χ0) is 11.4. The quantitative estimate of drug-likeness (QED) is 0.687. The van der Waals surface area contributed by atoms with E-state index in [1.165, 1.54) is 36.8 Å². The largest absolute Gasteiger partial charge is 0.0921 e. The third-order valence-corrected chi connectivity index (χ3v) is 4.65. The average molecular weight is 281 g/mol. The third kappa shape index (κ3) is 2.68. The number of alkyl halides is 1. The molecule has 1 heteroatoms. The average Bonchev–Trinajstić information content (AvgIpc) is 2.85. The van der Waals surface area contributed by atoms with Crippen LogP contribution in [-0.2, 0) is 6.42 Å². The molecule has 0 saturated heterocycles. The van der Waals surface area contributed by atoms with Gasteiger partial charge < -0.3 is 0 Å². The van der Waals surface area contributed by atoms with Crippen LogP contribution in [0.1, 0.15) is 49.7 Å². The molecule has 16 heavy (non-hydrogen) atoms. The fraction of sp³-hybridized carbons (Fsp3) is 0.600. The van der Waals surface area contributed by atoms with Crippen molar-refractivity contribution < 1.29 is 0 Å². The van der Waals surface area contributed by atoms with E-state index < -0.39 is 0 Å². The summed E-state index contributed by atoms with van der Waals surface area (Å²) in [6, 6.07) is 9.26. The summed E-state index contributed by atoms with van der Waals surface area (Å²) in [5.41, 5.74) is 2.98. The first-order valence-corrected chi connectivity index (χ1v) is 7.62. The van der Waals surface area contributed by atoms with E-state index in [1.807, 2.05) is 0 Å². The molecular weight excluding hydrogens is 260 g/mol. The lowest BCUT2D eigenvalue weighted by Crippen LogP contribution is -2.11. The van der Waals surface area contributed by atoms with Gasteiger partial charge in [-0.1, -0.05) is 60.0 Å². The Morgan fingerprint density at radius 2 is 1.81 bits per heavy atom. The summed E-state index contributed by atoms with van der Waals surface area (Å²) in [4.78, 5) is 0. The molecule has 0 bridgehead atoms. The Morgan fingerprint density at radius 1 is 1.19 bits per heavy atom. The van der Waals surface area contributed by atoms with Gasteiger partial charge in [0, 0.05) is 5.33 Å². The van der Waals surface area contributed by atoms with E-state index in [4.69, 9.17) is 0 Å². The van der Waals surface area contributed by atoms with Crippen molar-refractivity contribution in [2.24, 2.45) is 5.92 Å². The van der Waals surface area contributed by atoms with Crippen LogP contribution < -0.4 is 0 Å². The van der Waals surface area contributed by atoms with Crippen molar-refractivity contribution in [3.8, 4) is 0 Å². The van der Waals surface area contributed by atoms with E-state index in [1.54, 1.807) is 0 Å². The first kappa shape index (κ1) is 12.2. The van der Waals surface area contributed by atoms with E-state index in [0.717, 1.165) is 23.6 Å². The van der Waals surface area contributed by atoms with Crippen LogP contribution in [0.15, 0.2) is 24.3 Å². The molecule has 0 aromatic heterocycles. The molecule has 1 atom stereocenters. The molecule has 0 amide bonds. The zero-order valence-corrected chi connectivity index (χ0v) is 11.7. The van der Waals surface area contributed by atoms with Gasteiger partial charge in [0.1, 0.15) is 0 Å². The fourth-order valence-corrected chi connectivity index (χ4v) is 3.75. The minimum atomic E-state index is 0.730. The normalized spacial score (nSPS) is 18.9. The molecule has 0 aliphatic heterocycles. The van der Waals surface area contributed by atoms with Crippen molar-refractivity contribution in [1.82, 2.24) is 0 Å². The topological polar surface area (TPSA) is 0 Å². The maximum Gasteiger partial charge on any atom is 0.0103 e. The first-order chi connectivity index (χ1) is 7.85. The number of aryl methyl sites for hydroxylation is 1. The summed E-state index contributed by atoms with van der Waals surface area (Å²) in [6.45, 7) is 2.22. The van der Waals surface area contributed by atoms with Gasteiger partial charge in [-0.3, -0.25) is 0 Å². The van der Waals surface area contributed by atoms with Crippen molar-refractivity contribution in [3.63, 3.8) is 0 Å². The SMILES string of the molecule is CCc1ccc(C(CBr)C2CCCC2)cc1. The molecule has 1 aromatic rings. The zero-order valence-electron chi connectivity index (χ0n) is 10.1. The molecule has 1 aliphatic carbocycles. The molecular formula is C15H21Br. The fourth-order valence-electron chi connectivity index (χ4n) is 2.85. The van der Waals surface area contributed by atoms with Crippen LogP contribution in [0, 0.1) is 5.92 Å². The summed E-state index contributed by atoms with van der Waals surface area (Å²) in [7, 11) is 0. The van der Waals surface area contributed by atoms with Crippen molar-refractivity contribution in [1.29, 1.82) is 0 Å². The maximum atomic E-state index is 3.70. The number of hydrogen-bond donors (Lipinski definition) is 0. The summed E-state index contributed by atoms with van der Waals surface area (Å²) < 4.78 is 0. The van der Waals surface area contributed by atoms with Crippen molar-refractivity contribution in [3.05, 3.63) is 35.4 Å². The van der Waals surface area contributed by atoms with Gasteiger partial charge in [-0.25, -0.2) is 0 Å². The second-order valence-electron chi connectivity index (χ2n) is 4.90. The summed E-state index contributed by atoms with van der Waals surface area (Å²) in [5, 5.41) is 1.11. The van der Waals surface area contributed by atoms with Crippen LogP contribution in [0.3, 0.4) is 0 Å². The monoisotopic (exact) mass is 280 g/mol. The molecule has 1 aliphatic rings. The molecule has 0 nitrogen and oxygen atoms in total. The van der Waals surface area contributed by atoms with Gasteiger partial charge in [-0.05, 0) is 42.2 Å². The maximum absolute atomic E-state index is 3.70. The first-order valence-electron chi connectivity index (χ1n) is 6.50. The molecule has 0 radical (unpaired) electrons. The molecule has 88 valence electrons. The van der Waals surface area contributed by atoms with Gasteiger partial charge in [-0.15, -0.1) is 0 Å². The number of halogens is 1. The second-order valence-corrected chi connectivity index (χ2v) is 5.55. The van der Waals surface area contributed by atoms with E-state index in [9.17, 15) is 0 Å². The van der Waals surface area contributed by atoms with Crippen LogP contribution in [-0.4, -0.2) is 5.33 Å². The van der Waals surface area contributed by atoms with Crippen molar-refractivity contribution >= 4 is 15.9 Å². The lowest BCUT2D eigenvalue weighted by atomic mass is 9.86. The standard InChI is InChI=1S/C15H21Br/c1-2-12-7-9-14(10-8-12)15(11-16)13-5-3-4-6-13/h7-10,13,15H,2-6,11H2,1H3. The van der Waals surface area contributed by atoms with Crippen molar-refractivity contribution in [2.45, 2.75) is 44.9 Å². The lowest BCUT2D eigenvalue weighted by Gasteiger charge is -2.21. The summed E-state index contributed by atoms with van der Waals surface area (Å²) in [6.07, 6.45) is 6.85. The highest BCUT2D eigenvalue weighted by atomic mass is 79.9. The molecule has 0 N–H and O–H groups in total. The molecule has 2 rings (SSSR count). The molecule has 1 saturated carbocycles. The summed E-state index contributed by atoms with van der Waals surface area (Å²) in [5.74, 6) is 1.64. The van der Waals surface area contributed by atoms with Crippen LogP contribution in [0.4, 0.5) is 0 Å². The smallest absolute Gasteiger partial charge is 0.0103 e. The van der Waals surface area contributed by atoms with Crippen molar-refractivity contribution in [2.75, 3.05) is 5.33 Å². The number of rotatable bonds is 4. The van der Waals surface area contributed by atoms with Gasteiger partial charge in [0.05, 0.1) is 0 Å². The second kappa shape index (κ2) is 5.86. The predicted molar refractivity (Wildman–Crippen MR) is 74.3 cm³/mol. The summed E-state index contributed by atoms with van der Waals surface area (Å²) >= 11 is 3.70.